The Morgan fingerprint density at radius 1 is 1.38 bits per heavy atom. The van der Waals surface area contributed by atoms with Gasteiger partial charge >= 0.3 is 5.97 Å². The largest absolute Gasteiger partial charge is 0.480 e. The number of carboxylic acid groups (broad SMARTS) is 1. The van der Waals surface area contributed by atoms with Gasteiger partial charge in [0, 0.05) is 5.75 Å². The van der Waals surface area contributed by atoms with E-state index in [2.05, 4.69) is 6.92 Å². The van der Waals surface area contributed by atoms with Gasteiger partial charge in [0.25, 0.3) is 0 Å². The lowest BCUT2D eigenvalue weighted by Crippen LogP contribution is -2.32. The van der Waals surface area contributed by atoms with Crippen molar-refractivity contribution in [1.82, 2.24) is 0 Å². The van der Waals surface area contributed by atoms with Crippen molar-refractivity contribution in [3.8, 4) is 0 Å². The van der Waals surface area contributed by atoms with Crippen molar-refractivity contribution in [3.05, 3.63) is 35.4 Å². The second-order valence-electron chi connectivity index (χ2n) is 3.60. The highest BCUT2D eigenvalue weighted by atomic mass is 32.2. The van der Waals surface area contributed by atoms with Crippen LogP contribution in [0.5, 0.6) is 0 Å². The number of nitrogens with two attached hydrogens (primary N) is 1. The van der Waals surface area contributed by atoms with Crippen molar-refractivity contribution >= 4 is 17.7 Å². The Hall–Kier alpha value is -1.00. The van der Waals surface area contributed by atoms with Crippen molar-refractivity contribution in [2.24, 2.45) is 5.73 Å². The first-order valence-electron chi connectivity index (χ1n) is 5.27. The molecule has 0 aliphatic heterocycles. The van der Waals surface area contributed by atoms with Gasteiger partial charge in [-0.15, -0.1) is 0 Å². The quantitative estimate of drug-likeness (QED) is 0.795. The summed E-state index contributed by atoms with van der Waals surface area (Å²) >= 11 is 1.87. The number of aliphatic carboxylic acids is 1. The number of carbonyl (C=O) groups is 1. The van der Waals surface area contributed by atoms with Gasteiger partial charge in [0.15, 0.2) is 0 Å². The number of rotatable bonds is 6. The van der Waals surface area contributed by atoms with Crippen LogP contribution in [0, 0.1) is 0 Å². The van der Waals surface area contributed by atoms with Crippen LogP contribution in [0.25, 0.3) is 0 Å². The van der Waals surface area contributed by atoms with E-state index in [-0.39, 0.29) is 0 Å². The summed E-state index contributed by atoms with van der Waals surface area (Å²) in [5, 5.41) is 8.69. The van der Waals surface area contributed by atoms with Gasteiger partial charge in [-0.1, -0.05) is 31.2 Å². The molecule has 0 unspecified atom stereocenters. The van der Waals surface area contributed by atoms with Gasteiger partial charge in [0.1, 0.15) is 6.04 Å². The standard InChI is InChI=1S/C12H17NO2S/c1-2-16-8-10-5-3-9(4-6-10)7-11(13)12(14)15/h3-6,11H,2,7-8,13H2,1H3,(H,14,15)/t11-/m0/s1. The fraction of sp³-hybridized carbons (Fsp3) is 0.417. The Morgan fingerprint density at radius 3 is 2.44 bits per heavy atom. The van der Waals surface area contributed by atoms with E-state index in [0.717, 1.165) is 17.1 Å². The van der Waals surface area contributed by atoms with Gasteiger partial charge in [0.2, 0.25) is 0 Å². The molecule has 1 aromatic carbocycles. The summed E-state index contributed by atoms with van der Waals surface area (Å²) in [7, 11) is 0. The van der Waals surface area contributed by atoms with Crippen molar-refractivity contribution in [1.29, 1.82) is 0 Å². The summed E-state index contributed by atoms with van der Waals surface area (Å²) in [4.78, 5) is 10.6. The van der Waals surface area contributed by atoms with Crippen molar-refractivity contribution in [2.45, 2.75) is 25.1 Å². The van der Waals surface area contributed by atoms with Gasteiger partial charge < -0.3 is 10.8 Å². The minimum Gasteiger partial charge on any atom is -0.480 e. The lowest BCUT2D eigenvalue weighted by Gasteiger charge is -2.07. The molecule has 0 heterocycles. The average molecular weight is 239 g/mol. The third-order valence-corrected chi connectivity index (χ3v) is 3.21. The third kappa shape index (κ3) is 4.24. The van der Waals surface area contributed by atoms with Crippen LogP contribution < -0.4 is 5.73 Å². The summed E-state index contributed by atoms with van der Waals surface area (Å²) in [5.41, 5.74) is 7.70. The van der Waals surface area contributed by atoms with Crippen LogP contribution in [0.3, 0.4) is 0 Å². The predicted molar refractivity (Wildman–Crippen MR) is 67.6 cm³/mol. The van der Waals surface area contributed by atoms with E-state index in [1.54, 1.807) is 0 Å². The van der Waals surface area contributed by atoms with Gasteiger partial charge in [-0.3, -0.25) is 4.79 Å². The van der Waals surface area contributed by atoms with E-state index in [4.69, 9.17) is 10.8 Å². The van der Waals surface area contributed by atoms with Gasteiger partial charge in [-0.05, 0) is 23.3 Å². The second-order valence-corrected chi connectivity index (χ2v) is 4.88. The Bertz CT molecular complexity index is 337. The van der Waals surface area contributed by atoms with Crippen LogP contribution in [0.4, 0.5) is 0 Å². The summed E-state index contributed by atoms with van der Waals surface area (Å²) in [6, 6.07) is 7.16. The zero-order valence-corrected chi connectivity index (χ0v) is 10.2. The van der Waals surface area contributed by atoms with Gasteiger partial charge in [-0.25, -0.2) is 0 Å². The SMILES string of the molecule is CCSCc1ccc(C[C@H](N)C(=O)O)cc1. The fourth-order valence-corrected chi connectivity index (χ4v) is 1.97. The highest BCUT2D eigenvalue weighted by Gasteiger charge is 2.11. The molecule has 88 valence electrons. The maximum atomic E-state index is 10.6. The minimum absolute atomic E-state index is 0.385. The van der Waals surface area contributed by atoms with E-state index in [9.17, 15) is 4.79 Å². The summed E-state index contributed by atoms with van der Waals surface area (Å²) in [5.74, 6) is 1.15. The lowest BCUT2D eigenvalue weighted by atomic mass is 10.1. The topological polar surface area (TPSA) is 63.3 Å². The summed E-state index contributed by atoms with van der Waals surface area (Å²) in [6.07, 6.45) is 0.385. The zero-order chi connectivity index (χ0) is 12.0. The third-order valence-electron chi connectivity index (χ3n) is 2.27. The van der Waals surface area contributed by atoms with E-state index < -0.39 is 12.0 Å². The molecule has 0 aliphatic rings. The maximum Gasteiger partial charge on any atom is 0.320 e. The number of hydrogen-bond acceptors (Lipinski definition) is 3. The van der Waals surface area contributed by atoms with Gasteiger partial charge in [-0.2, -0.15) is 11.8 Å². The predicted octanol–water partition coefficient (Wildman–Crippen LogP) is 1.89. The molecular weight excluding hydrogens is 222 g/mol. The van der Waals surface area contributed by atoms with Gasteiger partial charge in [0.05, 0.1) is 0 Å². The zero-order valence-electron chi connectivity index (χ0n) is 9.35. The molecule has 0 fully saturated rings. The van der Waals surface area contributed by atoms with E-state index in [1.165, 1.54) is 5.56 Å². The number of benzene rings is 1. The van der Waals surface area contributed by atoms with Crippen LogP contribution in [-0.4, -0.2) is 22.9 Å². The van der Waals surface area contributed by atoms with Crippen molar-refractivity contribution < 1.29 is 9.90 Å². The number of thioether (sulfide) groups is 1. The normalized spacial score (nSPS) is 12.4. The first-order valence-corrected chi connectivity index (χ1v) is 6.43. The second kappa shape index (κ2) is 6.55. The highest BCUT2D eigenvalue weighted by Crippen LogP contribution is 2.13. The maximum absolute atomic E-state index is 10.6. The molecular formula is C12H17NO2S. The first kappa shape index (κ1) is 13.1. The van der Waals surface area contributed by atoms with E-state index in [1.807, 2.05) is 36.0 Å². The molecule has 0 saturated carbocycles. The fourth-order valence-electron chi connectivity index (χ4n) is 1.33. The molecule has 0 aliphatic carbocycles. The smallest absolute Gasteiger partial charge is 0.320 e. The molecule has 1 aromatic rings. The molecule has 3 N–H and O–H groups in total. The molecule has 0 bridgehead atoms. The molecule has 3 nitrogen and oxygen atoms in total. The van der Waals surface area contributed by atoms with Crippen LogP contribution >= 0.6 is 11.8 Å². The number of carboxylic acids is 1. The van der Waals surface area contributed by atoms with Crippen LogP contribution in [0.2, 0.25) is 0 Å². The Kier molecular flexibility index (Phi) is 5.35. The monoisotopic (exact) mass is 239 g/mol. The van der Waals surface area contributed by atoms with Crippen molar-refractivity contribution in [3.63, 3.8) is 0 Å². The van der Waals surface area contributed by atoms with Crippen LogP contribution in [-0.2, 0) is 17.0 Å². The molecule has 4 heteroatoms. The van der Waals surface area contributed by atoms with E-state index >= 15 is 0 Å². The Labute approximate surface area is 100 Å². The molecule has 0 amide bonds. The molecule has 0 saturated heterocycles. The minimum atomic E-state index is -0.953. The molecule has 1 atom stereocenters. The van der Waals surface area contributed by atoms with Crippen molar-refractivity contribution in [2.75, 3.05) is 5.75 Å². The lowest BCUT2D eigenvalue weighted by molar-refractivity contribution is -0.138. The van der Waals surface area contributed by atoms with Crippen LogP contribution in [0.15, 0.2) is 24.3 Å². The molecule has 0 radical (unpaired) electrons. The van der Waals surface area contributed by atoms with E-state index in [0.29, 0.717) is 6.42 Å². The number of hydrogen-bond donors (Lipinski definition) is 2. The molecule has 1 rings (SSSR count). The molecule has 16 heavy (non-hydrogen) atoms. The summed E-state index contributed by atoms with van der Waals surface area (Å²) < 4.78 is 0. The molecule has 0 spiro atoms. The molecule has 0 aromatic heterocycles. The Morgan fingerprint density at radius 2 is 1.94 bits per heavy atom. The Balaban J connectivity index is 2.54. The van der Waals surface area contributed by atoms with Crippen LogP contribution in [0.1, 0.15) is 18.1 Å². The average Bonchev–Trinajstić information content (AvgIpc) is 2.28. The summed E-state index contributed by atoms with van der Waals surface area (Å²) in [6.45, 7) is 2.13. The first-order chi connectivity index (χ1) is 7.63. The highest BCUT2D eigenvalue weighted by molar-refractivity contribution is 7.98.